The number of rotatable bonds is 5. The third kappa shape index (κ3) is 3.55. The summed E-state index contributed by atoms with van der Waals surface area (Å²) >= 11 is 0. The lowest BCUT2D eigenvalue weighted by atomic mass is 10.0. The highest BCUT2D eigenvalue weighted by Gasteiger charge is 2.18. The third-order valence-corrected chi connectivity index (χ3v) is 4.80. The number of ether oxygens (including phenoxy) is 1. The molecule has 0 saturated carbocycles. The van der Waals surface area contributed by atoms with Crippen LogP contribution in [0.15, 0.2) is 66.9 Å². The largest absolute Gasteiger partial charge is 0.462 e. The molecule has 4 rings (SSSR count). The lowest BCUT2D eigenvalue weighted by Crippen LogP contribution is -2.09. The van der Waals surface area contributed by atoms with Crippen LogP contribution in [0.5, 0.6) is 0 Å². The number of anilines is 2. The van der Waals surface area contributed by atoms with Crippen LogP contribution in [0, 0.1) is 0 Å². The van der Waals surface area contributed by atoms with E-state index in [0.717, 1.165) is 21.7 Å². The van der Waals surface area contributed by atoms with E-state index in [4.69, 9.17) is 4.74 Å². The van der Waals surface area contributed by atoms with Gasteiger partial charge in [-0.25, -0.2) is 4.79 Å². The molecule has 0 saturated heterocycles. The van der Waals surface area contributed by atoms with E-state index in [9.17, 15) is 9.59 Å². The number of pyridine rings is 1. The van der Waals surface area contributed by atoms with Crippen LogP contribution in [0.3, 0.4) is 0 Å². The van der Waals surface area contributed by atoms with Gasteiger partial charge in [-0.2, -0.15) is 0 Å². The molecule has 0 fully saturated rings. The number of aromatic nitrogens is 1. The van der Waals surface area contributed by atoms with E-state index >= 15 is 0 Å². The maximum absolute atomic E-state index is 12.6. The van der Waals surface area contributed by atoms with Crippen molar-refractivity contribution in [2.75, 3.05) is 11.9 Å². The zero-order chi connectivity index (χ0) is 20.4. The zero-order valence-electron chi connectivity index (χ0n) is 16.2. The molecule has 0 spiro atoms. The van der Waals surface area contributed by atoms with Gasteiger partial charge in [-0.3, -0.25) is 9.78 Å². The van der Waals surface area contributed by atoms with E-state index in [1.54, 1.807) is 25.3 Å². The van der Waals surface area contributed by atoms with Crippen LogP contribution in [-0.2, 0) is 4.74 Å². The maximum atomic E-state index is 12.6. The van der Waals surface area contributed by atoms with Gasteiger partial charge >= 0.3 is 5.97 Å². The highest BCUT2D eigenvalue weighted by Crippen LogP contribution is 2.33. The molecule has 5 heteroatoms. The van der Waals surface area contributed by atoms with Crippen molar-refractivity contribution in [2.24, 2.45) is 0 Å². The number of hydrogen-bond donors (Lipinski definition) is 1. The van der Waals surface area contributed by atoms with Gasteiger partial charge in [-0.1, -0.05) is 48.5 Å². The Bertz CT molecular complexity index is 1250. The quantitative estimate of drug-likeness (QED) is 0.279. The van der Waals surface area contributed by atoms with Crippen molar-refractivity contribution in [3.8, 4) is 0 Å². The number of benzene rings is 3. The van der Waals surface area contributed by atoms with Crippen molar-refractivity contribution in [3.63, 3.8) is 0 Å². The Morgan fingerprint density at radius 2 is 1.83 bits per heavy atom. The topological polar surface area (TPSA) is 68.3 Å². The number of hydrogen-bond acceptors (Lipinski definition) is 5. The van der Waals surface area contributed by atoms with E-state index in [0.29, 0.717) is 22.5 Å². The first-order valence-electron chi connectivity index (χ1n) is 9.44. The predicted octanol–water partition coefficient (Wildman–Crippen LogP) is 5.51. The van der Waals surface area contributed by atoms with Crippen LogP contribution in [0.1, 0.15) is 34.6 Å². The lowest BCUT2D eigenvalue weighted by molar-refractivity contribution is 0.0527. The van der Waals surface area contributed by atoms with Crippen molar-refractivity contribution < 1.29 is 14.3 Å². The summed E-state index contributed by atoms with van der Waals surface area (Å²) < 4.78 is 5.23. The van der Waals surface area contributed by atoms with Crippen LogP contribution >= 0.6 is 0 Å². The molecule has 1 N–H and O–H groups in total. The summed E-state index contributed by atoms with van der Waals surface area (Å²) in [5.41, 5.74) is 3.06. The molecular weight excluding hydrogens is 364 g/mol. The van der Waals surface area contributed by atoms with E-state index < -0.39 is 5.97 Å². The number of esters is 1. The molecule has 0 bridgehead atoms. The SMILES string of the molecule is CCOC(=O)c1cnc2c(ccc3ccccc32)c1Nc1cccc(C(C)=O)c1. The first kappa shape index (κ1) is 18.6. The molecule has 5 nitrogen and oxygen atoms in total. The van der Waals surface area contributed by atoms with Gasteiger partial charge < -0.3 is 10.1 Å². The van der Waals surface area contributed by atoms with E-state index in [2.05, 4.69) is 10.3 Å². The standard InChI is InChI=1S/C24H20N2O3/c1-3-29-24(28)21-14-25-22-19-10-5-4-7-16(19)11-12-20(22)23(21)26-18-9-6-8-17(13-18)15(2)27/h4-14H,3H2,1-2H3,(H,25,26). The average Bonchev–Trinajstić information content (AvgIpc) is 2.74. The number of Topliss-reactive ketones (excluding diaryl/α,β-unsaturated/α-hetero) is 1. The summed E-state index contributed by atoms with van der Waals surface area (Å²) in [4.78, 5) is 28.9. The van der Waals surface area contributed by atoms with Crippen molar-refractivity contribution in [2.45, 2.75) is 13.8 Å². The van der Waals surface area contributed by atoms with Crippen LogP contribution in [0.4, 0.5) is 11.4 Å². The summed E-state index contributed by atoms with van der Waals surface area (Å²) in [7, 11) is 0. The molecule has 4 aromatic rings. The monoisotopic (exact) mass is 384 g/mol. The third-order valence-electron chi connectivity index (χ3n) is 4.80. The van der Waals surface area contributed by atoms with Crippen LogP contribution < -0.4 is 5.32 Å². The lowest BCUT2D eigenvalue weighted by Gasteiger charge is -2.15. The highest BCUT2D eigenvalue weighted by molar-refractivity contribution is 6.13. The normalized spacial score (nSPS) is 10.8. The van der Waals surface area contributed by atoms with Crippen LogP contribution in [-0.4, -0.2) is 23.3 Å². The second-order valence-corrected chi connectivity index (χ2v) is 6.71. The van der Waals surface area contributed by atoms with Crippen molar-refractivity contribution in [3.05, 3.63) is 78.0 Å². The molecule has 0 aliphatic rings. The smallest absolute Gasteiger partial charge is 0.341 e. The van der Waals surface area contributed by atoms with Gasteiger partial charge in [0.25, 0.3) is 0 Å². The fraction of sp³-hybridized carbons (Fsp3) is 0.125. The van der Waals surface area contributed by atoms with Gasteiger partial charge in [0, 0.05) is 28.2 Å². The van der Waals surface area contributed by atoms with E-state index in [-0.39, 0.29) is 12.4 Å². The molecule has 144 valence electrons. The van der Waals surface area contributed by atoms with Crippen molar-refractivity contribution in [1.82, 2.24) is 4.98 Å². The summed E-state index contributed by atoms with van der Waals surface area (Å²) in [5.74, 6) is -0.467. The van der Waals surface area contributed by atoms with Crippen LogP contribution in [0.25, 0.3) is 21.7 Å². The maximum Gasteiger partial charge on any atom is 0.341 e. The Balaban J connectivity index is 1.93. The fourth-order valence-corrected chi connectivity index (χ4v) is 3.39. The summed E-state index contributed by atoms with van der Waals surface area (Å²) in [6, 6.07) is 19.1. The molecule has 29 heavy (non-hydrogen) atoms. The number of nitrogens with one attached hydrogen (secondary N) is 1. The molecule has 0 aliphatic carbocycles. The number of fused-ring (bicyclic) bond motifs is 3. The van der Waals surface area contributed by atoms with Gasteiger partial charge in [0.05, 0.1) is 17.8 Å². The van der Waals surface area contributed by atoms with Crippen molar-refractivity contribution in [1.29, 1.82) is 0 Å². The minimum atomic E-state index is -0.444. The van der Waals surface area contributed by atoms with E-state index in [1.165, 1.54) is 6.92 Å². The summed E-state index contributed by atoms with van der Waals surface area (Å²) in [6.07, 6.45) is 1.55. The number of ketones is 1. The van der Waals surface area contributed by atoms with Gasteiger partial charge in [0.2, 0.25) is 0 Å². The average molecular weight is 384 g/mol. The molecule has 0 unspecified atom stereocenters. The van der Waals surface area contributed by atoms with Crippen molar-refractivity contribution >= 4 is 44.8 Å². The van der Waals surface area contributed by atoms with Gasteiger partial charge in [-0.15, -0.1) is 0 Å². The highest BCUT2D eigenvalue weighted by atomic mass is 16.5. The van der Waals surface area contributed by atoms with E-state index in [1.807, 2.05) is 48.5 Å². The Labute approximate surface area is 168 Å². The predicted molar refractivity (Wildman–Crippen MR) is 115 cm³/mol. The van der Waals surface area contributed by atoms with Gasteiger partial charge in [-0.05, 0) is 31.4 Å². The molecule has 0 aliphatic heterocycles. The number of nitrogens with zero attached hydrogens (tertiary/aromatic N) is 1. The zero-order valence-corrected chi connectivity index (χ0v) is 16.2. The molecule has 0 radical (unpaired) electrons. The molecule has 1 heterocycles. The Hall–Kier alpha value is -3.73. The second kappa shape index (κ2) is 7.72. The van der Waals surface area contributed by atoms with Gasteiger partial charge in [0.15, 0.2) is 5.78 Å². The minimum absolute atomic E-state index is 0.0233. The second-order valence-electron chi connectivity index (χ2n) is 6.71. The fourth-order valence-electron chi connectivity index (χ4n) is 3.39. The Kier molecular flexibility index (Phi) is 4.96. The summed E-state index contributed by atoms with van der Waals surface area (Å²) in [5, 5.41) is 6.20. The first-order chi connectivity index (χ1) is 14.1. The summed E-state index contributed by atoms with van der Waals surface area (Å²) in [6.45, 7) is 3.56. The number of carbonyl (C=O) groups is 2. The molecule has 3 aromatic carbocycles. The first-order valence-corrected chi connectivity index (χ1v) is 9.44. The number of carbonyl (C=O) groups excluding carboxylic acids is 2. The Morgan fingerprint density at radius 3 is 2.62 bits per heavy atom. The van der Waals surface area contributed by atoms with Gasteiger partial charge in [0.1, 0.15) is 5.56 Å². The molecule has 1 aromatic heterocycles. The molecule has 0 atom stereocenters. The van der Waals surface area contributed by atoms with Crippen LogP contribution in [0.2, 0.25) is 0 Å². The Morgan fingerprint density at radius 1 is 1.00 bits per heavy atom. The molecule has 0 amide bonds. The minimum Gasteiger partial charge on any atom is -0.462 e. The molecular formula is C24H20N2O3.